The van der Waals surface area contributed by atoms with Crippen LogP contribution in [0.4, 0.5) is 11.4 Å². The molecule has 0 unspecified atom stereocenters. The van der Waals surface area contributed by atoms with Crippen LogP contribution in [0.1, 0.15) is 31.9 Å². The highest BCUT2D eigenvalue weighted by atomic mass is 79.9. The van der Waals surface area contributed by atoms with Crippen LogP contribution in [-0.2, 0) is 14.6 Å². The summed E-state index contributed by atoms with van der Waals surface area (Å²) in [5.41, 5.74) is 6.53. The Morgan fingerprint density at radius 2 is 1.62 bits per heavy atom. The molecule has 6 nitrogen and oxygen atoms in total. The number of hydrogen-bond donors (Lipinski definition) is 0. The molecule has 4 rings (SSSR count). The fourth-order valence-electron chi connectivity index (χ4n) is 4.10. The van der Waals surface area contributed by atoms with Crippen molar-refractivity contribution in [3.05, 3.63) is 70.2 Å². The average molecular weight is 519 g/mol. The molecule has 32 heavy (non-hydrogen) atoms. The van der Waals surface area contributed by atoms with E-state index in [9.17, 15) is 13.0 Å². The first-order valence-electron chi connectivity index (χ1n) is 10.5. The van der Waals surface area contributed by atoms with Gasteiger partial charge in [-0.2, -0.15) is 4.58 Å². The first-order valence-corrected chi connectivity index (χ1v) is 12.6. The predicted octanol–water partition coefficient (Wildman–Crippen LogP) is 5.06. The minimum Gasteiger partial charge on any atom is -0.726 e. The normalized spacial score (nSPS) is 12.7. The van der Waals surface area contributed by atoms with Gasteiger partial charge in [-0.15, -0.1) is 0 Å². The van der Waals surface area contributed by atoms with Gasteiger partial charge < -0.3 is 9.45 Å². The van der Waals surface area contributed by atoms with Gasteiger partial charge in [-0.1, -0.05) is 28.1 Å². The van der Waals surface area contributed by atoms with Gasteiger partial charge in [0.05, 0.1) is 18.1 Å². The molecule has 0 N–H and O–H groups in total. The average Bonchev–Trinajstić information content (AvgIpc) is 3.12. The molecular formula is C24H27BrN2O4S. The van der Waals surface area contributed by atoms with E-state index in [0.717, 1.165) is 31.2 Å². The van der Waals surface area contributed by atoms with Crippen molar-refractivity contribution in [2.45, 2.75) is 20.8 Å². The lowest BCUT2D eigenvalue weighted by Crippen LogP contribution is -2.22. The van der Waals surface area contributed by atoms with E-state index in [0.29, 0.717) is 0 Å². The van der Waals surface area contributed by atoms with E-state index < -0.39 is 10.4 Å². The molecule has 0 atom stereocenters. The maximum atomic E-state index is 9.22. The van der Waals surface area contributed by atoms with Crippen LogP contribution in [-0.4, -0.2) is 50.0 Å². The minimum absolute atomic E-state index is 0.808. The summed E-state index contributed by atoms with van der Waals surface area (Å²) in [4.78, 5) is 2.38. The smallest absolute Gasteiger partial charge is 0.221 e. The zero-order valence-corrected chi connectivity index (χ0v) is 21.0. The van der Waals surface area contributed by atoms with Crippen LogP contribution in [0.25, 0.3) is 10.8 Å². The van der Waals surface area contributed by atoms with Gasteiger partial charge in [-0.3, -0.25) is 4.18 Å². The van der Waals surface area contributed by atoms with Crippen molar-refractivity contribution in [2.75, 3.05) is 31.6 Å². The second-order valence-electron chi connectivity index (χ2n) is 7.18. The molecular weight excluding hydrogens is 492 g/mol. The third kappa shape index (κ3) is 4.88. The number of anilines is 1. The second kappa shape index (κ2) is 10.1. The molecule has 3 aromatic carbocycles. The number of rotatable bonds is 6. The van der Waals surface area contributed by atoms with Crippen LogP contribution in [0.15, 0.2) is 59.1 Å². The zero-order valence-electron chi connectivity index (χ0n) is 18.6. The molecule has 0 amide bonds. The van der Waals surface area contributed by atoms with Crippen LogP contribution in [0.2, 0.25) is 0 Å². The molecule has 170 valence electrons. The maximum absolute atomic E-state index is 9.22. The van der Waals surface area contributed by atoms with Gasteiger partial charge in [0.25, 0.3) is 0 Å². The number of benzene rings is 3. The SMILES string of the molecule is CCN(CC)c1ccc(C2=[N+](CC)c3ccc(Br)c4cccc2c34)cc1.COS(=O)(=O)[O-]. The molecule has 0 saturated carbocycles. The highest BCUT2D eigenvalue weighted by Gasteiger charge is 2.32. The summed E-state index contributed by atoms with van der Waals surface area (Å²) in [6.07, 6.45) is 0. The van der Waals surface area contributed by atoms with Crippen molar-refractivity contribution < 1.29 is 21.7 Å². The van der Waals surface area contributed by atoms with Gasteiger partial charge in [-0.25, -0.2) is 8.42 Å². The number of hydrogen-bond acceptors (Lipinski definition) is 5. The van der Waals surface area contributed by atoms with Gasteiger partial charge in [0.2, 0.25) is 21.8 Å². The van der Waals surface area contributed by atoms with Gasteiger partial charge in [0, 0.05) is 40.3 Å². The summed E-state index contributed by atoms with van der Waals surface area (Å²) in [6, 6.07) is 20.1. The lowest BCUT2D eigenvalue weighted by Gasteiger charge is -2.21. The Balaban J connectivity index is 0.000000427. The predicted molar refractivity (Wildman–Crippen MR) is 132 cm³/mol. The monoisotopic (exact) mass is 518 g/mol. The summed E-state index contributed by atoms with van der Waals surface area (Å²) in [5, 5.41) is 2.64. The third-order valence-corrected chi connectivity index (χ3v) is 6.67. The van der Waals surface area contributed by atoms with Gasteiger partial charge in [0.1, 0.15) is 6.54 Å². The lowest BCUT2D eigenvalue weighted by atomic mass is 9.98. The highest BCUT2D eigenvalue weighted by Crippen LogP contribution is 2.40. The topological polar surface area (TPSA) is 72.7 Å². The Labute approximate surface area is 198 Å². The van der Waals surface area contributed by atoms with Gasteiger partial charge in [-0.05, 0) is 57.2 Å². The molecule has 0 aliphatic carbocycles. The summed E-state index contributed by atoms with van der Waals surface area (Å²) in [7, 11) is -3.60. The van der Waals surface area contributed by atoms with Crippen molar-refractivity contribution in [3.63, 3.8) is 0 Å². The Morgan fingerprint density at radius 3 is 2.16 bits per heavy atom. The van der Waals surface area contributed by atoms with E-state index in [1.165, 1.54) is 39.0 Å². The molecule has 0 radical (unpaired) electrons. The molecule has 1 heterocycles. The van der Waals surface area contributed by atoms with E-state index in [1.54, 1.807) is 0 Å². The molecule has 1 aliphatic rings. The largest absolute Gasteiger partial charge is 0.726 e. The van der Waals surface area contributed by atoms with E-state index in [-0.39, 0.29) is 0 Å². The molecule has 0 saturated heterocycles. The summed E-state index contributed by atoms with van der Waals surface area (Å²) in [6.45, 7) is 9.66. The zero-order chi connectivity index (χ0) is 23.5. The molecule has 1 aliphatic heterocycles. The third-order valence-electron chi connectivity index (χ3n) is 5.57. The van der Waals surface area contributed by atoms with Crippen LogP contribution in [0, 0.1) is 0 Å². The van der Waals surface area contributed by atoms with Crippen molar-refractivity contribution in [2.24, 2.45) is 0 Å². The van der Waals surface area contributed by atoms with Crippen LogP contribution < -0.4 is 4.90 Å². The maximum Gasteiger partial charge on any atom is 0.221 e. The second-order valence-corrected chi connectivity index (χ2v) is 9.19. The molecule has 0 aromatic heterocycles. The Kier molecular flexibility index (Phi) is 7.71. The Morgan fingerprint density at radius 1 is 1.00 bits per heavy atom. The lowest BCUT2D eigenvalue weighted by molar-refractivity contribution is -0.431. The van der Waals surface area contributed by atoms with Crippen LogP contribution in [0.5, 0.6) is 0 Å². The molecule has 0 fully saturated rings. The Bertz CT molecular complexity index is 1250. The van der Waals surface area contributed by atoms with Gasteiger partial charge >= 0.3 is 0 Å². The fourth-order valence-corrected chi connectivity index (χ4v) is 4.56. The summed E-state index contributed by atoms with van der Waals surface area (Å²) >= 11 is 3.72. The van der Waals surface area contributed by atoms with Gasteiger partial charge in [0.15, 0.2) is 0 Å². The highest BCUT2D eigenvalue weighted by molar-refractivity contribution is 9.10. The van der Waals surface area contributed by atoms with E-state index in [1.807, 2.05) is 0 Å². The van der Waals surface area contributed by atoms with Crippen molar-refractivity contribution >= 4 is 54.2 Å². The molecule has 8 heteroatoms. The first-order chi connectivity index (χ1) is 15.3. The minimum atomic E-state index is -4.41. The number of nitrogens with zero attached hydrogens (tertiary/aromatic N) is 2. The van der Waals surface area contributed by atoms with E-state index >= 15 is 0 Å². The van der Waals surface area contributed by atoms with Crippen molar-refractivity contribution in [3.8, 4) is 0 Å². The van der Waals surface area contributed by atoms with E-state index in [4.69, 9.17) is 0 Å². The molecule has 0 spiro atoms. The summed E-state index contributed by atoms with van der Waals surface area (Å²) in [5.74, 6) is 0. The van der Waals surface area contributed by atoms with Crippen LogP contribution in [0.3, 0.4) is 0 Å². The molecule has 3 aromatic rings. The first kappa shape index (κ1) is 24.4. The van der Waals surface area contributed by atoms with Crippen molar-refractivity contribution in [1.82, 2.24) is 0 Å². The Hall–Kier alpha value is -2.26. The van der Waals surface area contributed by atoms with Crippen LogP contribution >= 0.6 is 15.9 Å². The summed E-state index contributed by atoms with van der Waals surface area (Å²) < 4.78 is 34.6. The fraction of sp³-hybridized carbons (Fsp3) is 0.292. The quantitative estimate of drug-likeness (QED) is 0.259. The number of halogens is 1. The van der Waals surface area contributed by atoms with Crippen molar-refractivity contribution in [1.29, 1.82) is 0 Å². The van der Waals surface area contributed by atoms with E-state index in [2.05, 4.69) is 105 Å². The molecule has 0 bridgehead atoms. The standard InChI is InChI=1S/C23H24BrN2.CH4O4S/c1-4-25(5-2)17-12-10-16(11-13-17)23-19-9-7-8-18-20(24)14-15-21(22(18)19)26(23)6-3;1-5-6(2,3)4/h7-15H,4-6H2,1-3H3;1H3,(H,2,3,4)/q+1;/p-1.